The minimum absolute atomic E-state index is 0.0247. The zero-order valence-electron chi connectivity index (χ0n) is 11.5. The highest BCUT2D eigenvalue weighted by molar-refractivity contribution is 5.67. The maximum absolute atomic E-state index is 11.1. The molecule has 21 heavy (non-hydrogen) atoms. The molecule has 1 radical (unpaired) electrons. The van der Waals surface area contributed by atoms with E-state index in [1.807, 2.05) is 30.3 Å². The van der Waals surface area contributed by atoms with Crippen LogP contribution >= 0.6 is 0 Å². The normalized spacial score (nSPS) is 11.7. The van der Waals surface area contributed by atoms with E-state index in [9.17, 15) is 14.9 Å². The summed E-state index contributed by atoms with van der Waals surface area (Å²) >= 11 is 0. The molecule has 0 amide bonds. The molecule has 5 nitrogen and oxygen atoms in total. The van der Waals surface area contributed by atoms with Gasteiger partial charge >= 0.3 is 6.47 Å². The van der Waals surface area contributed by atoms with Crippen LogP contribution in [0.25, 0.3) is 11.1 Å². The van der Waals surface area contributed by atoms with E-state index in [4.69, 9.17) is 0 Å². The van der Waals surface area contributed by atoms with Crippen LogP contribution in [0.3, 0.4) is 0 Å². The standard InChI is InChI=1S/C16H14NO4/c1-12(10-21-11-18)15-9-14(7-8-16(15)17(19)20)13-5-3-2-4-6-13/h2-9,12H,10H2,1H3. The molecule has 0 fully saturated rings. The Kier molecular flexibility index (Phi) is 4.66. The van der Waals surface area contributed by atoms with Crippen LogP contribution in [0.2, 0.25) is 0 Å². The second kappa shape index (κ2) is 6.65. The molecule has 107 valence electrons. The zero-order chi connectivity index (χ0) is 15.2. The molecule has 0 N–H and O–H groups in total. The molecule has 0 bridgehead atoms. The Bertz CT molecular complexity index is 640. The molecule has 5 heteroatoms. The first-order valence-corrected chi connectivity index (χ1v) is 6.46. The minimum atomic E-state index is -0.425. The Labute approximate surface area is 122 Å². The van der Waals surface area contributed by atoms with Gasteiger partial charge in [-0.15, -0.1) is 0 Å². The van der Waals surface area contributed by atoms with Crippen molar-refractivity contribution in [2.24, 2.45) is 0 Å². The summed E-state index contributed by atoms with van der Waals surface area (Å²) in [6.45, 7) is 3.17. The van der Waals surface area contributed by atoms with Crippen molar-refractivity contribution in [3.8, 4) is 11.1 Å². The van der Waals surface area contributed by atoms with Gasteiger partial charge in [0.15, 0.2) is 0 Å². The lowest BCUT2D eigenvalue weighted by Crippen LogP contribution is -2.06. The van der Waals surface area contributed by atoms with Gasteiger partial charge in [0.2, 0.25) is 0 Å². The summed E-state index contributed by atoms with van der Waals surface area (Å²) < 4.78 is 4.60. The molecule has 2 aromatic carbocycles. The van der Waals surface area contributed by atoms with Crippen LogP contribution in [0.1, 0.15) is 18.4 Å². The maximum Gasteiger partial charge on any atom is 0.417 e. The van der Waals surface area contributed by atoms with Crippen molar-refractivity contribution < 1.29 is 14.5 Å². The van der Waals surface area contributed by atoms with Gasteiger partial charge in [-0.2, -0.15) is 0 Å². The van der Waals surface area contributed by atoms with Gasteiger partial charge in [0.25, 0.3) is 5.69 Å². The number of hydrogen-bond donors (Lipinski definition) is 0. The van der Waals surface area contributed by atoms with E-state index in [1.54, 1.807) is 19.1 Å². The second-order valence-electron chi connectivity index (χ2n) is 4.69. The van der Waals surface area contributed by atoms with Gasteiger partial charge < -0.3 is 4.74 Å². The van der Waals surface area contributed by atoms with Crippen molar-refractivity contribution in [3.05, 3.63) is 64.2 Å². The van der Waals surface area contributed by atoms with Crippen molar-refractivity contribution in [3.63, 3.8) is 0 Å². The van der Waals surface area contributed by atoms with E-state index in [0.29, 0.717) is 5.56 Å². The number of benzene rings is 2. The van der Waals surface area contributed by atoms with Gasteiger partial charge in [-0.05, 0) is 23.3 Å². The van der Waals surface area contributed by atoms with Crippen LogP contribution in [0.4, 0.5) is 5.69 Å². The largest absolute Gasteiger partial charge is 0.457 e. The molecule has 1 atom stereocenters. The molecule has 2 aromatic rings. The van der Waals surface area contributed by atoms with Crippen molar-refractivity contribution in [2.75, 3.05) is 6.61 Å². The number of hydrogen-bond acceptors (Lipinski definition) is 4. The molecule has 1 unspecified atom stereocenters. The smallest absolute Gasteiger partial charge is 0.417 e. The molecule has 0 spiro atoms. The Morgan fingerprint density at radius 3 is 2.52 bits per heavy atom. The molecule has 0 aromatic heterocycles. The lowest BCUT2D eigenvalue weighted by atomic mass is 9.95. The van der Waals surface area contributed by atoms with Crippen LogP contribution < -0.4 is 0 Å². The van der Waals surface area contributed by atoms with Crippen molar-refractivity contribution in [1.82, 2.24) is 0 Å². The van der Waals surface area contributed by atoms with Crippen LogP contribution in [0.15, 0.2) is 48.5 Å². The summed E-state index contributed by atoms with van der Waals surface area (Å²) in [5.41, 5.74) is 2.43. The minimum Gasteiger partial charge on any atom is -0.457 e. The number of nitro groups is 1. The van der Waals surface area contributed by atoms with E-state index in [-0.39, 0.29) is 18.2 Å². The molecule has 2 rings (SSSR count). The van der Waals surface area contributed by atoms with Crippen molar-refractivity contribution >= 4 is 12.2 Å². The summed E-state index contributed by atoms with van der Waals surface area (Å²) in [7, 11) is 0. The summed E-state index contributed by atoms with van der Waals surface area (Å²) in [6.07, 6.45) is 0. The quantitative estimate of drug-likeness (QED) is 0.601. The topological polar surface area (TPSA) is 69.4 Å². The van der Waals surface area contributed by atoms with E-state index in [2.05, 4.69) is 4.74 Å². The fraction of sp³-hybridized carbons (Fsp3) is 0.188. The Balaban J connectivity index is 2.44. The van der Waals surface area contributed by atoms with Gasteiger partial charge in [-0.25, -0.2) is 4.79 Å². The summed E-state index contributed by atoms with van der Waals surface area (Å²) in [5.74, 6) is -0.282. The number of nitrogens with zero attached hydrogens (tertiary/aromatic N) is 1. The number of carbonyl (C=O) groups excluding carboxylic acids is 1. The van der Waals surface area contributed by atoms with Crippen LogP contribution in [-0.4, -0.2) is 18.0 Å². The van der Waals surface area contributed by atoms with Gasteiger partial charge in [0, 0.05) is 17.5 Å². The highest BCUT2D eigenvalue weighted by atomic mass is 16.6. The Morgan fingerprint density at radius 2 is 1.90 bits per heavy atom. The van der Waals surface area contributed by atoms with Crippen LogP contribution in [0, 0.1) is 10.1 Å². The lowest BCUT2D eigenvalue weighted by Gasteiger charge is -2.12. The first kappa shape index (κ1) is 14.7. The lowest BCUT2D eigenvalue weighted by molar-refractivity contribution is -0.385. The molecule has 0 heterocycles. The Morgan fingerprint density at radius 1 is 1.19 bits per heavy atom. The summed E-state index contributed by atoms with van der Waals surface area (Å²) in [5, 5.41) is 11.1. The fourth-order valence-corrected chi connectivity index (χ4v) is 2.17. The zero-order valence-corrected chi connectivity index (χ0v) is 11.5. The fourth-order valence-electron chi connectivity index (χ4n) is 2.17. The summed E-state index contributed by atoms with van der Waals surface area (Å²) in [6, 6.07) is 14.6. The van der Waals surface area contributed by atoms with Gasteiger partial charge in [0.05, 0.1) is 11.5 Å². The molecule has 0 aliphatic heterocycles. The number of rotatable bonds is 6. The molecule has 0 aliphatic rings. The molecular weight excluding hydrogens is 270 g/mol. The molecular formula is C16H14NO4. The van der Waals surface area contributed by atoms with E-state index >= 15 is 0 Å². The second-order valence-corrected chi connectivity index (χ2v) is 4.69. The van der Waals surface area contributed by atoms with Crippen LogP contribution in [0.5, 0.6) is 0 Å². The van der Waals surface area contributed by atoms with E-state index in [1.165, 1.54) is 12.5 Å². The molecule has 0 saturated heterocycles. The third-order valence-electron chi connectivity index (χ3n) is 3.25. The predicted octanol–water partition coefficient (Wildman–Crippen LogP) is 3.45. The first-order chi connectivity index (χ1) is 10.1. The van der Waals surface area contributed by atoms with Gasteiger partial charge in [0.1, 0.15) is 0 Å². The molecule has 0 aliphatic carbocycles. The van der Waals surface area contributed by atoms with Gasteiger partial charge in [-0.1, -0.05) is 37.3 Å². The monoisotopic (exact) mass is 284 g/mol. The van der Waals surface area contributed by atoms with Gasteiger partial charge in [-0.3, -0.25) is 10.1 Å². The highest BCUT2D eigenvalue weighted by Crippen LogP contribution is 2.31. The number of nitro benzene ring substituents is 1. The third kappa shape index (κ3) is 3.45. The van der Waals surface area contributed by atoms with E-state index in [0.717, 1.165) is 11.1 Å². The van der Waals surface area contributed by atoms with Crippen molar-refractivity contribution in [1.29, 1.82) is 0 Å². The predicted molar refractivity (Wildman–Crippen MR) is 78.6 cm³/mol. The summed E-state index contributed by atoms with van der Waals surface area (Å²) in [4.78, 5) is 20.9. The average molecular weight is 284 g/mol. The Hall–Kier alpha value is -2.69. The average Bonchev–Trinajstić information content (AvgIpc) is 2.52. The van der Waals surface area contributed by atoms with E-state index < -0.39 is 4.92 Å². The number of ether oxygens (including phenoxy) is 1. The SMILES string of the molecule is CC(CO[C]=O)c1cc(-c2ccccc2)ccc1[N+](=O)[O-]. The van der Waals surface area contributed by atoms with Crippen molar-refractivity contribution in [2.45, 2.75) is 12.8 Å². The first-order valence-electron chi connectivity index (χ1n) is 6.46. The maximum atomic E-state index is 11.1. The molecule has 0 saturated carbocycles. The highest BCUT2D eigenvalue weighted by Gasteiger charge is 2.20. The van der Waals surface area contributed by atoms with Crippen LogP contribution in [-0.2, 0) is 9.53 Å². The third-order valence-corrected chi connectivity index (χ3v) is 3.25.